The number of nitrogens with zero attached hydrogens (tertiary/aromatic N) is 4. The topological polar surface area (TPSA) is 130 Å². The molecule has 2 unspecified atom stereocenters. The maximum Gasteiger partial charge on any atom is 1.00 e. The summed E-state index contributed by atoms with van der Waals surface area (Å²) in [5.74, 6) is 1.13. The van der Waals surface area contributed by atoms with Crippen LogP contribution < -0.4 is 43.9 Å². The number of benzene rings is 2. The van der Waals surface area contributed by atoms with Gasteiger partial charge in [0.05, 0.1) is 58.6 Å². The van der Waals surface area contributed by atoms with Crippen LogP contribution in [-0.2, 0) is 33.3 Å². The van der Waals surface area contributed by atoms with Crippen LogP contribution >= 0.6 is 46.4 Å². The van der Waals surface area contributed by atoms with Crippen molar-refractivity contribution in [1.29, 1.82) is 0 Å². The fourth-order valence-corrected chi connectivity index (χ4v) is 6.32. The van der Waals surface area contributed by atoms with Crippen molar-refractivity contribution in [1.82, 2.24) is 4.57 Å². The summed E-state index contributed by atoms with van der Waals surface area (Å²) < 4.78 is 74.7. The van der Waals surface area contributed by atoms with E-state index in [9.17, 15) is 25.9 Å². The molecule has 2 heterocycles. The average molecular weight is 734 g/mol. The van der Waals surface area contributed by atoms with Crippen LogP contribution in [0.3, 0.4) is 0 Å². The van der Waals surface area contributed by atoms with Gasteiger partial charge < -0.3 is 18.9 Å². The first-order valence-corrected chi connectivity index (χ1v) is 17.7. The maximum absolute atomic E-state index is 11.8. The van der Waals surface area contributed by atoms with Gasteiger partial charge in [0.1, 0.15) is 22.5 Å². The molecule has 0 fully saturated rings. The number of hydrogen-bond donors (Lipinski definition) is 0. The van der Waals surface area contributed by atoms with Crippen LogP contribution in [-0.4, -0.2) is 54.1 Å². The van der Waals surface area contributed by atoms with Gasteiger partial charge in [-0.3, -0.25) is 0 Å². The normalized spacial score (nSPS) is 16.2. The van der Waals surface area contributed by atoms with E-state index in [0.717, 1.165) is 0 Å². The van der Waals surface area contributed by atoms with Crippen LogP contribution in [0.4, 0.5) is 11.4 Å². The molecule has 1 aliphatic rings. The zero-order valence-electron chi connectivity index (χ0n) is 24.6. The fourth-order valence-electron chi connectivity index (χ4n) is 5.03. The molecule has 0 radical (unpaired) electrons. The van der Waals surface area contributed by atoms with Gasteiger partial charge in [0.15, 0.2) is 11.0 Å². The number of aryl methyl sites for hydroxylation is 1. The Morgan fingerprint density at radius 3 is 1.86 bits per heavy atom. The smallest absolute Gasteiger partial charge is 0.748 e. The van der Waals surface area contributed by atoms with Crippen LogP contribution in [0.1, 0.15) is 33.5 Å². The molecule has 0 saturated heterocycles. The van der Waals surface area contributed by atoms with E-state index in [0.29, 0.717) is 57.2 Å². The number of hydrogen-bond acceptors (Lipinski definition) is 8. The predicted octanol–water partition coefficient (Wildman–Crippen LogP) is 2.63. The number of rotatable bonds is 10. The van der Waals surface area contributed by atoms with Crippen LogP contribution in [0.2, 0.25) is 20.1 Å². The van der Waals surface area contributed by atoms with Crippen LogP contribution in [0.5, 0.6) is 0 Å². The second-order valence-corrected chi connectivity index (χ2v) is 15.3. The van der Waals surface area contributed by atoms with Gasteiger partial charge in [-0.2, -0.15) is 0 Å². The third-order valence-corrected chi connectivity index (χ3v) is 11.0. The summed E-state index contributed by atoms with van der Waals surface area (Å²) in [4.78, 5) is 3.60. The predicted molar refractivity (Wildman–Crippen MR) is 170 cm³/mol. The van der Waals surface area contributed by atoms with Gasteiger partial charge >= 0.3 is 29.6 Å². The Morgan fingerprint density at radius 2 is 1.34 bits per heavy atom. The molecule has 3 aromatic rings. The molecular weight excluding hydrogens is 705 g/mol. The quantitative estimate of drug-likeness (QED) is 0.177. The largest absolute Gasteiger partial charge is 1.00 e. The van der Waals surface area contributed by atoms with Crippen molar-refractivity contribution in [3.63, 3.8) is 0 Å². The summed E-state index contributed by atoms with van der Waals surface area (Å²) in [6.45, 7) is 7.16. The molecule has 0 spiro atoms. The van der Waals surface area contributed by atoms with Gasteiger partial charge in [0.2, 0.25) is 0 Å². The summed E-state index contributed by atoms with van der Waals surface area (Å²) in [7, 11) is -9.20. The van der Waals surface area contributed by atoms with Crippen LogP contribution in [0, 0.1) is 0 Å². The third kappa shape index (κ3) is 7.57. The van der Waals surface area contributed by atoms with Crippen molar-refractivity contribution in [2.24, 2.45) is 0 Å². The molecule has 0 N–H and O–H groups in total. The number of allylic oxidation sites excluding steroid dienone is 2. The van der Waals surface area contributed by atoms with Crippen molar-refractivity contribution >= 4 is 95.1 Å². The van der Waals surface area contributed by atoms with E-state index in [4.69, 9.17) is 46.4 Å². The van der Waals surface area contributed by atoms with Crippen molar-refractivity contribution in [3.05, 3.63) is 68.2 Å². The van der Waals surface area contributed by atoms with Crippen molar-refractivity contribution in [2.75, 3.05) is 22.9 Å². The summed E-state index contributed by atoms with van der Waals surface area (Å²) in [6, 6.07) is 6.60. The first-order valence-electron chi connectivity index (χ1n) is 13.2. The Balaban J connectivity index is 0.00000529. The minimum Gasteiger partial charge on any atom is -0.748 e. The number of halogens is 4. The Hall–Kier alpha value is -1.03. The molecule has 17 heteroatoms. The number of aromatic nitrogens is 2. The molecule has 0 bridgehead atoms. The molecule has 1 aliphatic heterocycles. The van der Waals surface area contributed by atoms with E-state index >= 15 is 0 Å². The number of fused-ring (bicyclic) bond motifs is 2. The molecule has 2 aromatic carbocycles. The molecule has 44 heavy (non-hydrogen) atoms. The second-order valence-electron chi connectivity index (χ2n) is 10.1. The van der Waals surface area contributed by atoms with E-state index < -0.39 is 30.7 Å². The fraction of sp³-hybridized carbons (Fsp3) is 0.370. The standard InChI is InChI=1S/C27H30Cl4N4O6S2.Na/c1-5-32-22-10-18(28)20(30)12-24(22)34(14-16(3)42(36,37)38)26(32)8-7-9-27-33(6-2)23-11-19(29)21(31)13-25(23)35(27)15-17(4)43(39,40)41;/h7-13,16-17H,5-6,14-15H2,1-4H3,(H-,36,37,38,39,40,41);/q;+1/p-1. The number of anilines is 2. The number of imidazole rings is 1. The molecule has 1 aromatic heterocycles. The van der Waals surface area contributed by atoms with E-state index in [1.54, 1.807) is 52.0 Å². The Bertz CT molecular complexity index is 1870. The third-order valence-electron chi connectivity index (χ3n) is 7.29. The van der Waals surface area contributed by atoms with Crippen molar-refractivity contribution in [2.45, 2.75) is 51.3 Å². The van der Waals surface area contributed by atoms with Gasteiger partial charge in [-0.1, -0.05) is 52.5 Å². The van der Waals surface area contributed by atoms with Crippen molar-refractivity contribution in [3.8, 4) is 0 Å². The summed E-state index contributed by atoms with van der Waals surface area (Å²) >= 11 is 25.2. The molecule has 234 valence electrons. The Morgan fingerprint density at radius 1 is 0.818 bits per heavy atom. The molecule has 0 amide bonds. The van der Waals surface area contributed by atoms with Gasteiger partial charge in [-0.25, -0.2) is 26.0 Å². The van der Waals surface area contributed by atoms with E-state index in [-0.39, 0.29) is 52.7 Å². The molecule has 4 rings (SSSR count). The van der Waals surface area contributed by atoms with Crippen LogP contribution in [0.25, 0.3) is 17.1 Å². The van der Waals surface area contributed by atoms with E-state index in [1.807, 2.05) is 23.3 Å². The molecule has 0 aliphatic carbocycles. The first kappa shape index (κ1) is 37.4. The van der Waals surface area contributed by atoms with Crippen molar-refractivity contribution < 1.29 is 60.1 Å². The summed E-state index contributed by atoms with van der Waals surface area (Å²) in [5, 5.41) is -1.32. The monoisotopic (exact) mass is 732 g/mol. The van der Waals surface area contributed by atoms with Gasteiger partial charge in [0, 0.05) is 31.3 Å². The van der Waals surface area contributed by atoms with E-state index in [2.05, 4.69) is 0 Å². The maximum atomic E-state index is 11.8. The molecular formula is C27H29Cl4N4NaO6S2. The van der Waals surface area contributed by atoms with E-state index in [1.165, 1.54) is 13.8 Å². The molecule has 10 nitrogen and oxygen atoms in total. The van der Waals surface area contributed by atoms with Gasteiger partial charge in [-0.05, 0) is 45.9 Å². The van der Waals surface area contributed by atoms with Gasteiger partial charge in [0.25, 0.3) is 5.82 Å². The summed E-state index contributed by atoms with van der Waals surface area (Å²) in [6.07, 6.45) is 5.20. The van der Waals surface area contributed by atoms with Gasteiger partial charge in [-0.15, -0.1) is 0 Å². The average Bonchev–Trinajstić information content (AvgIpc) is 3.34. The Kier molecular flexibility index (Phi) is 12.2. The first-order chi connectivity index (χ1) is 20.0. The second kappa shape index (κ2) is 14.4. The van der Waals surface area contributed by atoms with Crippen LogP contribution in [0.15, 0.2) is 42.2 Å². The Labute approximate surface area is 299 Å². The molecule has 2 atom stereocenters. The zero-order chi connectivity index (χ0) is 32.0. The zero-order valence-corrected chi connectivity index (χ0v) is 31.2. The SMILES string of the molecule is CCN1/C(=C/C=C/c2n(CC)c3cc(Cl)c(Cl)cc3[n+]2CC(C)S(=O)(=O)[O-])N(CC(C)S(=O)(=O)[O-])c2cc(Cl)c(Cl)cc21.[Na+]. The molecule has 0 saturated carbocycles. The summed E-state index contributed by atoms with van der Waals surface area (Å²) in [5.41, 5.74) is 2.54. The minimum absolute atomic E-state index is 0. The minimum atomic E-state index is -4.60.